The number of benzene rings is 1. The number of nitrogens with zero attached hydrogens (tertiary/aromatic N) is 2. The highest BCUT2D eigenvalue weighted by Gasteiger charge is 2.22. The number of hydrogen-bond acceptors (Lipinski definition) is 9. The first-order chi connectivity index (χ1) is 21.2. The summed E-state index contributed by atoms with van der Waals surface area (Å²) < 4.78 is 23.0. The van der Waals surface area contributed by atoms with E-state index in [-0.39, 0.29) is 0 Å². The van der Waals surface area contributed by atoms with Crippen LogP contribution in [0, 0.1) is 0 Å². The third-order valence-electron chi connectivity index (χ3n) is 6.28. The van der Waals surface area contributed by atoms with Gasteiger partial charge in [0.2, 0.25) is 0 Å². The third kappa shape index (κ3) is 13.6. The minimum Gasteiger partial charge on any atom is -0.467 e. The average Bonchev–Trinajstić information content (AvgIpc) is 3.35. The van der Waals surface area contributed by atoms with Crippen molar-refractivity contribution >= 4 is 37.6 Å². The third-order valence-corrected chi connectivity index (χ3v) is 7.99. The predicted molar refractivity (Wildman–Crippen MR) is 179 cm³/mol. The van der Waals surface area contributed by atoms with E-state index in [0.29, 0.717) is 55.2 Å². The van der Waals surface area contributed by atoms with Crippen molar-refractivity contribution < 1.29 is 33.3 Å². The second kappa shape index (κ2) is 17.4. The van der Waals surface area contributed by atoms with Crippen molar-refractivity contribution in [2.45, 2.75) is 84.1 Å². The molecule has 0 spiro atoms. The standard InChI is InChI=1S/C32H49N5O7Si/c1-10-13-25(29(38)41-5)35-26-20-23(34-31(40)42-6)15-16-24(26)27-21-37(22-43-18-19-45(7,8)9)28(36-27)14-11-12-17-33-30(39)44-32(2,3)4/h10,12,15-17,20-21,25,35H,1,11,13-14,18-19,22H2,2-9H3,(H,33,39)(H,34,40)/t25-/m1/s1. The van der Waals surface area contributed by atoms with Crippen molar-refractivity contribution in [3.05, 3.63) is 55.2 Å². The highest BCUT2D eigenvalue weighted by atomic mass is 28.3. The predicted octanol–water partition coefficient (Wildman–Crippen LogP) is 6.54. The fourth-order valence-corrected chi connectivity index (χ4v) is 4.77. The van der Waals surface area contributed by atoms with Gasteiger partial charge >= 0.3 is 18.2 Å². The summed E-state index contributed by atoms with van der Waals surface area (Å²) in [5.74, 6) is 0.319. The van der Waals surface area contributed by atoms with Gasteiger partial charge in [0.25, 0.3) is 0 Å². The molecular weight excluding hydrogens is 594 g/mol. The van der Waals surface area contributed by atoms with Crippen molar-refractivity contribution in [1.82, 2.24) is 14.9 Å². The van der Waals surface area contributed by atoms with Crippen molar-refractivity contribution in [2.24, 2.45) is 0 Å². The molecule has 1 aromatic heterocycles. The van der Waals surface area contributed by atoms with Gasteiger partial charge < -0.3 is 28.8 Å². The molecule has 0 aliphatic carbocycles. The minimum atomic E-state index is -1.27. The molecular formula is C32H49N5O7Si. The Balaban J connectivity index is 2.40. The Morgan fingerprint density at radius 3 is 2.47 bits per heavy atom. The molecule has 248 valence electrons. The smallest absolute Gasteiger partial charge is 0.411 e. The number of imidazole rings is 1. The number of methoxy groups -OCH3 is 2. The highest BCUT2D eigenvalue weighted by Crippen LogP contribution is 2.32. The number of carbonyl (C=O) groups excluding carboxylic acids is 3. The SMILES string of the molecule is C=CC[C@@H](Nc1cc(NC(=O)OC)ccc1-c1cn(COCC[Si](C)(C)C)c(CCC=CNC(=O)OC(C)(C)C)n1)C(=O)OC. The van der Waals surface area contributed by atoms with E-state index in [4.69, 9.17) is 23.9 Å². The molecule has 0 saturated carbocycles. The summed E-state index contributed by atoms with van der Waals surface area (Å²) in [5, 5.41) is 8.51. The second-order valence-electron chi connectivity index (χ2n) is 12.6. The molecule has 0 bridgehead atoms. The van der Waals surface area contributed by atoms with Gasteiger partial charge in [-0.1, -0.05) is 31.8 Å². The van der Waals surface area contributed by atoms with E-state index in [9.17, 15) is 14.4 Å². The summed E-state index contributed by atoms with van der Waals surface area (Å²) in [6.45, 7) is 17.0. The van der Waals surface area contributed by atoms with Crippen LogP contribution < -0.4 is 16.0 Å². The number of anilines is 2. The molecule has 0 radical (unpaired) electrons. The van der Waals surface area contributed by atoms with Gasteiger partial charge in [0.05, 0.1) is 19.9 Å². The van der Waals surface area contributed by atoms with Crippen molar-refractivity contribution in [3.63, 3.8) is 0 Å². The lowest BCUT2D eigenvalue weighted by atomic mass is 10.1. The fraction of sp³-hybridized carbons (Fsp3) is 0.500. The number of amides is 2. The molecule has 2 rings (SSSR count). The normalized spacial score (nSPS) is 12.4. The molecule has 0 unspecified atom stereocenters. The Labute approximate surface area is 267 Å². The summed E-state index contributed by atoms with van der Waals surface area (Å²) >= 11 is 0. The Bertz CT molecular complexity index is 1330. The van der Waals surface area contributed by atoms with Crippen LogP contribution in [0.5, 0.6) is 0 Å². The average molecular weight is 644 g/mol. The number of aromatic nitrogens is 2. The minimum absolute atomic E-state index is 0.315. The van der Waals surface area contributed by atoms with E-state index in [0.717, 1.165) is 11.9 Å². The van der Waals surface area contributed by atoms with Crippen LogP contribution in [0.1, 0.15) is 39.4 Å². The van der Waals surface area contributed by atoms with E-state index < -0.39 is 37.9 Å². The Kier molecular flexibility index (Phi) is 14.3. The molecule has 0 aliphatic heterocycles. The molecule has 1 atom stereocenters. The zero-order chi connectivity index (χ0) is 33.6. The number of ether oxygens (including phenoxy) is 4. The molecule has 12 nitrogen and oxygen atoms in total. The highest BCUT2D eigenvalue weighted by molar-refractivity contribution is 6.76. The number of hydrogen-bond donors (Lipinski definition) is 3. The Morgan fingerprint density at radius 2 is 1.84 bits per heavy atom. The van der Waals surface area contributed by atoms with Gasteiger partial charge in [-0.15, -0.1) is 6.58 Å². The largest absolute Gasteiger partial charge is 0.467 e. The maximum Gasteiger partial charge on any atom is 0.411 e. The number of nitrogens with one attached hydrogen (secondary N) is 3. The lowest BCUT2D eigenvalue weighted by Gasteiger charge is -2.19. The molecule has 0 aliphatic rings. The maximum absolute atomic E-state index is 12.5. The quantitative estimate of drug-likeness (QED) is 0.0611. The van der Waals surface area contributed by atoms with Crippen molar-refractivity contribution in [2.75, 3.05) is 31.5 Å². The number of esters is 1. The number of aryl methyl sites for hydroxylation is 1. The van der Waals surface area contributed by atoms with Crippen LogP contribution in [-0.4, -0.2) is 68.3 Å². The summed E-state index contributed by atoms with van der Waals surface area (Å²) in [5.41, 5.74) is 1.78. The first-order valence-corrected chi connectivity index (χ1v) is 18.6. The molecule has 1 aromatic carbocycles. The van der Waals surface area contributed by atoms with Crippen LogP contribution in [-0.2, 0) is 36.9 Å². The van der Waals surface area contributed by atoms with Crippen molar-refractivity contribution in [3.8, 4) is 11.3 Å². The van der Waals surface area contributed by atoms with Crippen LogP contribution in [0.3, 0.4) is 0 Å². The molecule has 45 heavy (non-hydrogen) atoms. The van der Waals surface area contributed by atoms with Crippen LogP contribution >= 0.6 is 0 Å². The molecule has 13 heteroatoms. The number of rotatable bonds is 16. The van der Waals surface area contributed by atoms with Crippen molar-refractivity contribution in [1.29, 1.82) is 0 Å². The summed E-state index contributed by atoms with van der Waals surface area (Å²) in [6.07, 6.45) is 7.26. The van der Waals surface area contributed by atoms with Crippen LogP contribution in [0.4, 0.5) is 21.0 Å². The van der Waals surface area contributed by atoms with Gasteiger partial charge in [-0.25, -0.2) is 19.4 Å². The molecule has 0 fully saturated rings. The van der Waals surface area contributed by atoms with E-state index in [1.54, 1.807) is 45.2 Å². The Morgan fingerprint density at radius 1 is 1.11 bits per heavy atom. The van der Waals surface area contributed by atoms with Gasteiger partial charge in [0.1, 0.15) is 24.2 Å². The second-order valence-corrected chi connectivity index (χ2v) is 18.2. The van der Waals surface area contributed by atoms with Crippen LogP contribution in [0.25, 0.3) is 11.3 Å². The lowest BCUT2D eigenvalue weighted by molar-refractivity contribution is -0.141. The van der Waals surface area contributed by atoms with Gasteiger partial charge in [-0.3, -0.25) is 10.6 Å². The fourth-order valence-electron chi connectivity index (χ4n) is 4.01. The van der Waals surface area contributed by atoms with E-state index in [1.807, 2.05) is 22.9 Å². The molecule has 2 amide bonds. The van der Waals surface area contributed by atoms with Crippen LogP contribution in [0.15, 0.2) is 49.3 Å². The first-order valence-electron chi connectivity index (χ1n) is 14.9. The van der Waals surface area contributed by atoms with E-state index >= 15 is 0 Å². The molecule has 1 heterocycles. The zero-order valence-corrected chi connectivity index (χ0v) is 28.8. The maximum atomic E-state index is 12.5. The van der Waals surface area contributed by atoms with E-state index in [2.05, 4.69) is 42.2 Å². The van der Waals surface area contributed by atoms with E-state index in [1.165, 1.54) is 14.2 Å². The molecule has 0 saturated heterocycles. The van der Waals surface area contributed by atoms with Crippen LogP contribution in [0.2, 0.25) is 25.7 Å². The molecule has 2 aromatic rings. The first kappa shape index (κ1) is 37.1. The van der Waals surface area contributed by atoms with Gasteiger partial charge in [0.15, 0.2) is 0 Å². The molecule has 3 N–H and O–H groups in total. The number of carbonyl (C=O) groups is 3. The lowest BCUT2D eigenvalue weighted by Crippen LogP contribution is -2.30. The summed E-state index contributed by atoms with van der Waals surface area (Å²) in [6, 6.07) is 5.56. The topological polar surface area (TPSA) is 142 Å². The number of alkyl carbamates (subject to hydrolysis) is 1. The zero-order valence-electron chi connectivity index (χ0n) is 27.8. The Hall–Kier alpha value is -4.10. The van der Waals surface area contributed by atoms with Gasteiger partial charge in [0, 0.05) is 50.4 Å². The summed E-state index contributed by atoms with van der Waals surface area (Å²) in [4.78, 5) is 41.3. The van der Waals surface area contributed by atoms with Gasteiger partial charge in [-0.05, 0) is 57.9 Å². The van der Waals surface area contributed by atoms with Gasteiger partial charge in [-0.2, -0.15) is 0 Å². The summed E-state index contributed by atoms with van der Waals surface area (Å²) in [7, 11) is 1.33. The monoisotopic (exact) mass is 643 g/mol. The number of allylic oxidation sites excluding steroid dienone is 1.